The van der Waals surface area contributed by atoms with E-state index in [4.69, 9.17) is 4.74 Å². The SMILES string of the molecule is CCCCCCOc1ccc(/C=C(\C#N)S(=O)(=O)c2ccc(C)cc2)cc1. The highest BCUT2D eigenvalue weighted by molar-refractivity contribution is 7.95. The van der Waals surface area contributed by atoms with Crippen LogP contribution in [0.4, 0.5) is 0 Å². The highest BCUT2D eigenvalue weighted by Crippen LogP contribution is 2.22. The Labute approximate surface area is 162 Å². The van der Waals surface area contributed by atoms with E-state index in [1.54, 1.807) is 36.4 Å². The average Bonchev–Trinajstić information content (AvgIpc) is 2.67. The molecule has 0 fully saturated rings. The van der Waals surface area contributed by atoms with Gasteiger partial charge in [-0.15, -0.1) is 0 Å². The molecule has 0 N–H and O–H groups in total. The number of hydrogen-bond acceptors (Lipinski definition) is 4. The lowest BCUT2D eigenvalue weighted by atomic mass is 10.2. The predicted molar refractivity (Wildman–Crippen MR) is 108 cm³/mol. The fraction of sp³-hybridized carbons (Fsp3) is 0.318. The Morgan fingerprint density at radius 3 is 2.30 bits per heavy atom. The summed E-state index contributed by atoms with van der Waals surface area (Å²) in [6.45, 7) is 4.72. The molecule has 4 nitrogen and oxygen atoms in total. The van der Waals surface area contributed by atoms with Crippen molar-refractivity contribution in [2.24, 2.45) is 0 Å². The predicted octanol–water partition coefficient (Wildman–Crippen LogP) is 5.29. The number of ether oxygens (including phenoxy) is 1. The molecule has 0 aliphatic carbocycles. The van der Waals surface area contributed by atoms with Gasteiger partial charge in [0.25, 0.3) is 0 Å². The van der Waals surface area contributed by atoms with Gasteiger partial charge in [-0.05, 0) is 49.2 Å². The Bertz CT molecular complexity index is 906. The van der Waals surface area contributed by atoms with Crippen LogP contribution in [0.1, 0.15) is 43.7 Å². The van der Waals surface area contributed by atoms with Gasteiger partial charge in [0.2, 0.25) is 9.84 Å². The normalized spacial score (nSPS) is 11.8. The van der Waals surface area contributed by atoms with Gasteiger partial charge in [-0.25, -0.2) is 8.42 Å². The highest BCUT2D eigenvalue weighted by atomic mass is 32.2. The van der Waals surface area contributed by atoms with Crippen molar-refractivity contribution in [1.82, 2.24) is 0 Å². The number of benzene rings is 2. The second kappa shape index (κ2) is 9.94. The number of allylic oxidation sites excluding steroid dienone is 1. The summed E-state index contributed by atoms with van der Waals surface area (Å²) >= 11 is 0. The van der Waals surface area contributed by atoms with E-state index in [-0.39, 0.29) is 9.80 Å². The van der Waals surface area contributed by atoms with E-state index < -0.39 is 9.84 Å². The van der Waals surface area contributed by atoms with Crippen molar-refractivity contribution in [3.63, 3.8) is 0 Å². The van der Waals surface area contributed by atoms with Gasteiger partial charge >= 0.3 is 0 Å². The summed E-state index contributed by atoms with van der Waals surface area (Å²) < 4.78 is 31.0. The van der Waals surface area contributed by atoms with Gasteiger partial charge in [0.05, 0.1) is 11.5 Å². The zero-order valence-electron chi connectivity index (χ0n) is 15.8. The molecule has 5 heteroatoms. The molecule has 2 rings (SSSR count). The molecule has 0 aromatic heterocycles. The third kappa shape index (κ3) is 5.97. The Morgan fingerprint density at radius 2 is 1.70 bits per heavy atom. The monoisotopic (exact) mass is 383 g/mol. The van der Waals surface area contributed by atoms with E-state index in [0.29, 0.717) is 12.2 Å². The third-order valence-corrected chi connectivity index (χ3v) is 5.86. The van der Waals surface area contributed by atoms with Crippen molar-refractivity contribution >= 4 is 15.9 Å². The summed E-state index contributed by atoms with van der Waals surface area (Å²) in [5, 5.41) is 9.36. The molecule has 0 saturated heterocycles. The Hall–Kier alpha value is -2.58. The van der Waals surface area contributed by atoms with Crippen LogP contribution in [0, 0.1) is 18.3 Å². The summed E-state index contributed by atoms with van der Waals surface area (Å²) in [7, 11) is -3.83. The molecule has 0 spiro atoms. The van der Waals surface area contributed by atoms with Crippen molar-refractivity contribution in [1.29, 1.82) is 5.26 Å². The second-order valence-corrected chi connectivity index (χ2v) is 8.33. The lowest BCUT2D eigenvalue weighted by molar-refractivity contribution is 0.305. The Morgan fingerprint density at radius 1 is 1.04 bits per heavy atom. The fourth-order valence-corrected chi connectivity index (χ4v) is 3.70. The number of rotatable bonds is 9. The molecule has 0 aliphatic rings. The molecule has 142 valence electrons. The van der Waals surface area contributed by atoms with Crippen LogP contribution in [0.25, 0.3) is 6.08 Å². The second-order valence-electron chi connectivity index (χ2n) is 6.42. The van der Waals surface area contributed by atoms with Gasteiger partial charge in [0.15, 0.2) is 0 Å². The molecule has 0 bridgehead atoms. The van der Waals surface area contributed by atoms with E-state index in [2.05, 4.69) is 6.92 Å². The zero-order chi connectivity index (χ0) is 19.7. The van der Waals surface area contributed by atoms with Crippen LogP contribution in [0.2, 0.25) is 0 Å². The smallest absolute Gasteiger partial charge is 0.216 e. The fourth-order valence-electron chi connectivity index (χ4n) is 2.54. The molecule has 0 radical (unpaired) electrons. The van der Waals surface area contributed by atoms with E-state index in [1.807, 2.05) is 13.0 Å². The molecule has 2 aromatic rings. The average molecular weight is 384 g/mol. The van der Waals surface area contributed by atoms with Gasteiger partial charge in [-0.1, -0.05) is 56.0 Å². The van der Waals surface area contributed by atoms with Gasteiger partial charge < -0.3 is 4.74 Å². The number of hydrogen-bond donors (Lipinski definition) is 0. The van der Waals surface area contributed by atoms with Crippen molar-refractivity contribution in [3.8, 4) is 11.8 Å². The summed E-state index contributed by atoms with van der Waals surface area (Å²) in [4.78, 5) is -0.160. The Balaban J connectivity index is 2.11. The van der Waals surface area contributed by atoms with Gasteiger partial charge in [-0.2, -0.15) is 5.26 Å². The van der Waals surface area contributed by atoms with Crippen LogP contribution in [-0.4, -0.2) is 15.0 Å². The number of aryl methyl sites for hydroxylation is 1. The molecule has 0 atom stereocenters. The van der Waals surface area contributed by atoms with Gasteiger partial charge in [-0.3, -0.25) is 0 Å². The summed E-state index contributed by atoms with van der Waals surface area (Å²) in [6, 6.07) is 15.4. The summed E-state index contributed by atoms with van der Waals surface area (Å²) in [6.07, 6.45) is 5.95. The molecule has 0 unspecified atom stereocenters. The van der Waals surface area contributed by atoms with Gasteiger partial charge in [0.1, 0.15) is 16.7 Å². The summed E-state index contributed by atoms with van der Waals surface area (Å²) in [5.41, 5.74) is 1.60. The minimum atomic E-state index is -3.83. The van der Waals surface area contributed by atoms with Crippen LogP contribution < -0.4 is 4.74 Å². The lowest BCUT2D eigenvalue weighted by Gasteiger charge is -2.07. The summed E-state index contributed by atoms with van der Waals surface area (Å²) in [5.74, 6) is 0.739. The maximum Gasteiger partial charge on any atom is 0.216 e. The minimum absolute atomic E-state index is 0.118. The molecule has 2 aromatic carbocycles. The van der Waals surface area contributed by atoms with Gasteiger partial charge in [0, 0.05) is 0 Å². The van der Waals surface area contributed by atoms with E-state index in [9.17, 15) is 13.7 Å². The third-order valence-electron chi connectivity index (χ3n) is 4.18. The first-order valence-corrected chi connectivity index (χ1v) is 10.6. The van der Waals surface area contributed by atoms with E-state index >= 15 is 0 Å². The molecular formula is C22H25NO3S. The van der Waals surface area contributed by atoms with Crippen LogP contribution in [-0.2, 0) is 9.84 Å². The molecule has 0 amide bonds. The van der Waals surface area contributed by atoms with E-state index in [0.717, 1.165) is 24.2 Å². The van der Waals surface area contributed by atoms with Crippen molar-refractivity contribution < 1.29 is 13.2 Å². The standard InChI is InChI=1S/C22H25NO3S/c1-3-4-5-6-15-26-20-11-9-19(10-12-20)16-22(17-23)27(24,25)21-13-7-18(2)8-14-21/h7-14,16H,3-6,15H2,1-2H3/b22-16+. The van der Waals surface area contributed by atoms with Crippen molar-refractivity contribution in [2.45, 2.75) is 44.4 Å². The molecule has 27 heavy (non-hydrogen) atoms. The topological polar surface area (TPSA) is 67.2 Å². The lowest BCUT2D eigenvalue weighted by Crippen LogP contribution is -2.03. The van der Waals surface area contributed by atoms with E-state index in [1.165, 1.54) is 31.1 Å². The number of unbranched alkanes of at least 4 members (excludes halogenated alkanes) is 3. The quantitative estimate of drug-likeness (QED) is 0.436. The van der Waals surface area contributed by atoms with Crippen molar-refractivity contribution in [2.75, 3.05) is 6.61 Å². The number of nitrogens with zero attached hydrogens (tertiary/aromatic N) is 1. The molecule has 0 saturated carbocycles. The first kappa shape index (κ1) is 20.7. The minimum Gasteiger partial charge on any atom is -0.494 e. The van der Waals surface area contributed by atoms with Crippen LogP contribution in [0.15, 0.2) is 58.3 Å². The molecule has 0 heterocycles. The largest absolute Gasteiger partial charge is 0.494 e. The zero-order valence-corrected chi connectivity index (χ0v) is 16.6. The maximum absolute atomic E-state index is 12.7. The van der Waals surface area contributed by atoms with Crippen LogP contribution in [0.5, 0.6) is 5.75 Å². The van der Waals surface area contributed by atoms with Crippen molar-refractivity contribution in [3.05, 3.63) is 64.6 Å². The molecule has 0 aliphatic heterocycles. The van der Waals surface area contributed by atoms with Crippen LogP contribution in [0.3, 0.4) is 0 Å². The number of sulfone groups is 1. The first-order chi connectivity index (χ1) is 13.0. The number of nitriles is 1. The highest BCUT2D eigenvalue weighted by Gasteiger charge is 2.20. The Kier molecular flexibility index (Phi) is 7.63. The maximum atomic E-state index is 12.7. The van der Waals surface area contributed by atoms with Crippen LogP contribution >= 0.6 is 0 Å². The first-order valence-electron chi connectivity index (χ1n) is 9.14. The molecular weight excluding hydrogens is 358 g/mol.